The van der Waals surface area contributed by atoms with E-state index in [4.69, 9.17) is 15.0 Å². The number of Topliss-reactive ketones (excluding diaryl/α,β-unsaturated/α-hetero) is 1. The summed E-state index contributed by atoms with van der Waals surface area (Å²) in [6, 6.07) is 4.50. The van der Waals surface area contributed by atoms with Crippen molar-refractivity contribution in [3.63, 3.8) is 0 Å². The van der Waals surface area contributed by atoms with Gasteiger partial charge in [0.05, 0.1) is 0 Å². The zero-order valence-corrected chi connectivity index (χ0v) is 22.4. The fourth-order valence-electron chi connectivity index (χ4n) is 5.64. The molecule has 2 aliphatic carbocycles. The number of fused-ring (bicyclic) bond motifs is 1. The van der Waals surface area contributed by atoms with E-state index in [2.05, 4.69) is 54.7 Å². The highest BCUT2D eigenvalue weighted by Crippen LogP contribution is 2.36. The van der Waals surface area contributed by atoms with Crippen molar-refractivity contribution in [3.05, 3.63) is 29.7 Å². The van der Waals surface area contributed by atoms with Gasteiger partial charge in [0, 0.05) is 25.7 Å². The number of carbonyl (C=O) groups excluding carboxylic acids is 1. The number of pyridine rings is 1. The summed E-state index contributed by atoms with van der Waals surface area (Å²) < 4.78 is 2.29. The van der Waals surface area contributed by atoms with Crippen molar-refractivity contribution in [2.75, 3.05) is 5.32 Å². The number of nitrogens with zero attached hydrogens (tertiary/aromatic N) is 5. The summed E-state index contributed by atoms with van der Waals surface area (Å²) in [7, 11) is 0. The van der Waals surface area contributed by atoms with E-state index in [1.54, 1.807) is 0 Å². The van der Waals surface area contributed by atoms with Gasteiger partial charge in [-0.05, 0) is 74.0 Å². The first kappa shape index (κ1) is 24.8. The van der Waals surface area contributed by atoms with Crippen LogP contribution in [0, 0.1) is 17.8 Å². The molecule has 1 N–H and O–H groups in total. The molecule has 3 heterocycles. The van der Waals surface area contributed by atoms with Gasteiger partial charge >= 0.3 is 0 Å². The number of carbonyl (C=O) groups is 1. The number of aromatic nitrogens is 5. The highest BCUT2D eigenvalue weighted by molar-refractivity contribution is 5.95. The number of nitrogens with one attached hydrogen (secondary N) is 1. The molecule has 0 saturated heterocycles. The minimum atomic E-state index is -0.145. The van der Waals surface area contributed by atoms with Gasteiger partial charge in [-0.3, -0.25) is 9.78 Å². The van der Waals surface area contributed by atoms with Crippen LogP contribution in [0.15, 0.2) is 18.3 Å². The summed E-state index contributed by atoms with van der Waals surface area (Å²) in [5.41, 5.74) is 3.56. The van der Waals surface area contributed by atoms with E-state index in [1.807, 2.05) is 6.20 Å². The van der Waals surface area contributed by atoms with Gasteiger partial charge < -0.3 is 9.88 Å². The fourth-order valence-corrected chi connectivity index (χ4v) is 5.64. The zero-order valence-electron chi connectivity index (χ0n) is 22.4. The van der Waals surface area contributed by atoms with Crippen LogP contribution >= 0.6 is 0 Å². The summed E-state index contributed by atoms with van der Waals surface area (Å²) >= 11 is 0. The van der Waals surface area contributed by atoms with Crippen molar-refractivity contribution in [3.8, 4) is 11.5 Å². The van der Waals surface area contributed by atoms with Crippen molar-refractivity contribution >= 4 is 22.8 Å². The Bertz CT molecular complexity index is 1240. The minimum absolute atomic E-state index is 0.145. The van der Waals surface area contributed by atoms with Crippen LogP contribution in [0.3, 0.4) is 0 Å². The largest absolute Gasteiger partial charge is 0.365 e. The second-order valence-corrected chi connectivity index (χ2v) is 11.5. The Hall–Kier alpha value is -2.83. The standard InChI is InChI=1S/C29H40N6O/c1-17(2)23-13-14-30-24(15-23)29-34-28-25(35(29)16-21-11-9-18(3)10-12-21)27(32-26(33-28)20(5)36)31-19(4)22-7-6-8-22/h13-15,17-19,21-22H,6-12,16H2,1-5H3,(H,31,32,33). The van der Waals surface area contributed by atoms with Gasteiger partial charge in [-0.2, -0.15) is 0 Å². The molecule has 36 heavy (non-hydrogen) atoms. The predicted octanol–water partition coefficient (Wildman–Crippen LogP) is 6.64. The lowest BCUT2D eigenvalue weighted by molar-refractivity contribution is 0.100. The van der Waals surface area contributed by atoms with E-state index >= 15 is 0 Å². The molecule has 1 unspecified atom stereocenters. The Morgan fingerprint density at radius 3 is 2.47 bits per heavy atom. The average Bonchev–Trinajstić information content (AvgIpc) is 3.18. The van der Waals surface area contributed by atoms with Gasteiger partial charge in [-0.1, -0.05) is 40.0 Å². The molecule has 0 amide bonds. The van der Waals surface area contributed by atoms with Crippen molar-refractivity contribution in [1.82, 2.24) is 24.5 Å². The Morgan fingerprint density at radius 1 is 1.08 bits per heavy atom. The zero-order chi connectivity index (χ0) is 25.4. The molecule has 7 heteroatoms. The van der Waals surface area contributed by atoms with E-state index in [0.29, 0.717) is 23.4 Å². The van der Waals surface area contributed by atoms with Gasteiger partial charge in [0.25, 0.3) is 0 Å². The van der Waals surface area contributed by atoms with Crippen LogP contribution in [-0.4, -0.2) is 36.3 Å². The highest BCUT2D eigenvalue weighted by atomic mass is 16.1. The first-order valence-corrected chi connectivity index (χ1v) is 13.8. The first-order chi connectivity index (χ1) is 17.3. The number of hydrogen-bond donors (Lipinski definition) is 1. The third-order valence-electron chi connectivity index (χ3n) is 8.40. The maximum Gasteiger partial charge on any atom is 0.199 e. The van der Waals surface area contributed by atoms with Crippen LogP contribution in [0.4, 0.5) is 5.82 Å². The molecule has 0 radical (unpaired) electrons. The molecule has 1 atom stereocenters. The van der Waals surface area contributed by atoms with Crippen molar-refractivity contribution in [2.45, 2.75) is 98.1 Å². The van der Waals surface area contributed by atoms with E-state index in [-0.39, 0.29) is 17.6 Å². The maximum atomic E-state index is 12.4. The van der Waals surface area contributed by atoms with Crippen LogP contribution in [0.25, 0.3) is 22.7 Å². The number of ketones is 1. The molecular weight excluding hydrogens is 448 g/mol. The third-order valence-corrected chi connectivity index (χ3v) is 8.40. The molecule has 3 aromatic rings. The average molecular weight is 489 g/mol. The smallest absolute Gasteiger partial charge is 0.199 e. The molecule has 0 aromatic carbocycles. The predicted molar refractivity (Wildman–Crippen MR) is 144 cm³/mol. The molecule has 5 rings (SSSR count). The van der Waals surface area contributed by atoms with E-state index in [9.17, 15) is 4.79 Å². The first-order valence-electron chi connectivity index (χ1n) is 13.8. The Labute approximate surface area is 214 Å². The SMILES string of the molecule is CC(=O)c1nc(NC(C)C2CCC2)c2c(n1)nc(-c1cc(C(C)C)ccn1)n2CC1CCC(C)CC1. The quantitative estimate of drug-likeness (QED) is 0.358. The Morgan fingerprint density at radius 2 is 1.83 bits per heavy atom. The third kappa shape index (κ3) is 5.02. The van der Waals surface area contributed by atoms with Gasteiger partial charge in [0.2, 0.25) is 0 Å². The van der Waals surface area contributed by atoms with Gasteiger partial charge in [0.15, 0.2) is 28.9 Å². The topological polar surface area (TPSA) is 85.6 Å². The van der Waals surface area contributed by atoms with Crippen molar-refractivity contribution < 1.29 is 4.79 Å². The second kappa shape index (κ2) is 10.3. The Kier molecular flexibility index (Phi) is 7.09. The summed E-state index contributed by atoms with van der Waals surface area (Å²) in [5, 5.41) is 3.68. The number of imidazole rings is 1. The van der Waals surface area contributed by atoms with E-state index in [0.717, 1.165) is 35.3 Å². The molecular formula is C29H40N6O. The summed E-state index contributed by atoms with van der Waals surface area (Å²) in [6.07, 6.45) is 10.6. The monoisotopic (exact) mass is 488 g/mol. The van der Waals surface area contributed by atoms with E-state index in [1.165, 1.54) is 57.4 Å². The summed E-state index contributed by atoms with van der Waals surface area (Å²) in [5.74, 6) is 4.03. The van der Waals surface area contributed by atoms with Gasteiger partial charge in [0.1, 0.15) is 11.2 Å². The second-order valence-electron chi connectivity index (χ2n) is 11.5. The Balaban J connectivity index is 1.65. The molecule has 7 nitrogen and oxygen atoms in total. The molecule has 0 aliphatic heterocycles. The molecule has 2 saturated carbocycles. The highest BCUT2D eigenvalue weighted by Gasteiger charge is 2.28. The molecule has 2 aliphatic rings. The van der Waals surface area contributed by atoms with Crippen LogP contribution in [-0.2, 0) is 6.54 Å². The molecule has 0 bridgehead atoms. The van der Waals surface area contributed by atoms with Crippen LogP contribution < -0.4 is 5.32 Å². The molecule has 3 aromatic heterocycles. The molecule has 0 spiro atoms. The van der Waals surface area contributed by atoms with Gasteiger partial charge in [-0.15, -0.1) is 0 Å². The van der Waals surface area contributed by atoms with Gasteiger partial charge in [-0.25, -0.2) is 15.0 Å². The maximum absolute atomic E-state index is 12.4. The number of rotatable bonds is 8. The molecule has 2 fully saturated rings. The lowest BCUT2D eigenvalue weighted by Crippen LogP contribution is -2.31. The van der Waals surface area contributed by atoms with Crippen LogP contribution in [0.2, 0.25) is 0 Å². The molecule has 192 valence electrons. The lowest BCUT2D eigenvalue weighted by Gasteiger charge is -2.32. The summed E-state index contributed by atoms with van der Waals surface area (Å²) in [4.78, 5) is 31.5. The summed E-state index contributed by atoms with van der Waals surface area (Å²) in [6.45, 7) is 11.4. The lowest BCUT2D eigenvalue weighted by atomic mass is 9.80. The minimum Gasteiger partial charge on any atom is -0.365 e. The van der Waals surface area contributed by atoms with E-state index < -0.39 is 0 Å². The van der Waals surface area contributed by atoms with Crippen LogP contribution in [0.1, 0.15) is 102 Å². The van der Waals surface area contributed by atoms with Crippen molar-refractivity contribution in [2.24, 2.45) is 17.8 Å². The van der Waals surface area contributed by atoms with Crippen LogP contribution in [0.5, 0.6) is 0 Å². The van der Waals surface area contributed by atoms with Crippen molar-refractivity contribution in [1.29, 1.82) is 0 Å². The fraction of sp³-hybridized carbons (Fsp3) is 0.621. The number of hydrogen-bond acceptors (Lipinski definition) is 6. The number of anilines is 1. The normalized spacial score (nSPS) is 21.5.